The Labute approximate surface area is 157 Å². The van der Waals surface area contributed by atoms with Crippen molar-refractivity contribution in [3.05, 3.63) is 0 Å². The number of piperidine rings is 1. The molecule has 2 saturated carbocycles. The molecule has 4 aliphatic rings. The van der Waals surface area contributed by atoms with E-state index in [2.05, 4.69) is 27.4 Å². The number of guanidine groups is 1. The van der Waals surface area contributed by atoms with Gasteiger partial charge in [0.2, 0.25) is 5.91 Å². The molecule has 3 unspecified atom stereocenters. The van der Waals surface area contributed by atoms with Gasteiger partial charge in [0.25, 0.3) is 0 Å². The SMILES string of the molecule is CCOC1CC(NC(=NC)N2CCCC3(CNC(=O)C3)C2)C12CCCC2. The van der Waals surface area contributed by atoms with Crippen LogP contribution in [0, 0.1) is 10.8 Å². The lowest BCUT2D eigenvalue weighted by Crippen LogP contribution is -2.66. The summed E-state index contributed by atoms with van der Waals surface area (Å²) in [5, 5.41) is 6.84. The lowest BCUT2D eigenvalue weighted by atomic mass is 9.60. The number of carbonyl (C=O) groups excluding carboxylic acids is 1. The maximum absolute atomic E-state index is 11.8. The standard InChI is InChI=1S/C20H34N4O2/c1-3-26-16-11-15(20(16)8-4-5-9-20)23-18(21-2)24-10-6-7-19(14-24)12-17(25)22-13-19/h15-16H,3-14H2,1-2H3,(H,21,23)(H,22,25). The quantitative estimate of drug-likeness (QED) is 0.594. The fourth-order valence-electron chi connectivity index (χ4n) is 5.97. The minimum Gasteiger partial charge on any atom is -0.378 e. The number of hydrogen-bond donors (Lipinski definition) is 2. The van der Waals surface area contributed by atoms with Gasteiger partial charge in [-0.1, -0.05) is 12.8 Å². The lowest BCUT2D eigenvalue weighted by Gasteiger charge is -2.55. The number of nitrogens with one attached hydrogen (secondary N) is 2. The third kappa shape index (κ3) is 3.00. The number of amides is 1. The summed E-state index contributed by atoms with van der Waals surface area (Å²) >= 11 is 0. The molecular formula is C20H34N4O2. The van der Waals surface area contributed by atoms with E-state index in [0.29, 0.717) is 24.0 Å². The predicted octanol–water partition coefficient (Wildman–Crippen LogP) is 1.90. The monoisotopic (exact) mass is 362 g/mol. The van der Waals surface area contributed by atoms with E-state index in [-0.39, 0.29) is 11.3 Å². The van der Waals surface area contributed by atoms with Crippen molar-refractivity contribution in [2.75, 3.05) is 33.3 Å². The van der Waals surface area contributed by atoms with Crippen molar-refractivity contribution < 1.29 is 9.53 Å². The van der Waals surface area contributed by atoms with E-state index in [1.54, 1.807) is 0 Å². The molecule has 2 heterocycles. The van der Waals surface area contributed by atoms with Crippen LogP contribution in [0.1, 0.15) is 58.3 Å². The summed E-state index contributed by atoms with van der Waals surface area (Å²) in [4.78, 5) is 18.8. The fourth-order valence-corrected chi connectivity index (χ4v) is 5.97. The Kier molecular flexibility index (Phi) is 4.88. The normalized spacial score (nSPS) is 36.5. The number of carbonyl (C=O) groups is 1. The Bertz CT molecular complexity index is 572. The Hall–Kier alpha value is -1.30. The van der Waals surface area contributed by atoms with E-state index in [1.807, 2.05) is 7.05 Å². The fraction of sp³-hybridized carbons (Fsp3) is 0.900. The van der Waals surface area contributed by atoms with Gasteiger partial charge in [0, 0.05) is 56.6 Å². The van der Waals surface area contributed by atoms with Gasteiger partial charge in [-0.15, -0.1) is 0 Å². The van der Waals surface area contributed by atoms with Crippen molar-refractivity contribution in [2.45, 2.75) is 70.4 Å². The van der Waals surface area contributed by atoms with Gasteiger partial charge in [0.1, 0.15) is 0 Å². The van der Waals surface area contributed by atoms with E-state index in [4.69, 9.17) is 4.74 Å². The topological polar surface area (TPSA) is 66.0 Å². The number of ether oxygens (including phenoxy) is 1. The molecule has 0 aromatic carbocycles. The Morgan fingerprint density at radius 3 is 2.81 bits per heavy atom. The van der Waals surface area contributed by atoms with Crippen LogP contribution < -0.4 is 10.6 Å². The summed E-state index contributed by atoms with van der Waals surface area (Å²) in [6, 6.07) is 0.474. The van der Waals surface area contributed by atoms with Gasteiger partial charge in [-0.2, -0.15) is 0 Å². The molecule has 0 radical (unpaired) electrons. The van der Waals surface area contributed by atoms with Crippen LogP contribution in [0.15, 0.2) is 4.99 Å². The molecule has 6 heteroatoms. The van der Waals surface area contributed by atoms with Crippen LogP contribution in [0.25, 0.3) is 0 Å². The van der Waals surface area contributed by atoms with E-state index < -0.39 is 0 Å². The molecule has 1 amide bonds. The zero-order valence-electron chi connectivity index (χ0n) is 16.4. The first-order chi connectivity index (χ1) is 12.6. The number of aliphatic imine (C=N–C) groups is 1. The Morgan fingerprint density at radius 1 is 1.35 bits per heavy atom. The molecule has 2 aliphatic carbocycles. The summed E-state index contributed by atoms with van der Waals surface area (Å²) in [5.41, 5.74) is 0.412. The Balaban J connectivity index is 1.43. The van der Waals surface area contributed by atoms with Crippen LogP contribution in [0.4, 0.5) is 0 Å². The van der Waals surface area contributed by atoms with Gasteiger partial charge in [-0.05, 0) is 39.0 Å². The van der Waals surface area contributed by atoms with Gasteiger partial charge in [0.05, 0.1) is 6.10 Å². The van der Waals surface area contributed by atoms with Crippen molar-refractivity contribution in [3.63, 3.8) is 0 Å². The number of hydrogen-bond acceptors (Lipinski definition) is 3. The molecule has 2 saturated heterocycles. The van der Waals surface area contributed by atoms with Crippen LogP contribution in [0.5, 0.6) is 0 Å². The largest absolute Gasteiger partial charge is 0.378 e. The van der Waals surface area contributed by atoms with Crippen molar-refractivity contribution >= 4 is 11.9 Å². The van der Waals surface area contributed by atoms with Crippen LogP contribution in [-0.4, -0.2) is 62.2 Å². The molecule has 2 aliphatic heterocycles. The number of likely N-dealkylation sites (tertiary alicyclic amines) is 1. The van der Waals surface area contributed by atoms with E-state index in [9.17, 15) is 4.79 Å². The maximum atomic E-state index is 11.8. The van der Waals surface area contributed by atoms with Gasteiger partial charge in [-0.25, -0.2) is 0 Å². The second-order valence-electron chi connectivity index (χ2n) is 8.84. The molecule has 0 aromatic rings. The number of rotatable bonds is 3. The van der Waals surface area contributed by atoms with Crippen LogP contribution in [-0.2, 0) is 9.53 Å². The van der Waals surface area contributed by atoms with Crippen LogP contribution >= 0.6 is 0 Å². The summed E-state index contributed by atoms with van der Waals surface area (Å²) < 4.78 is 6.06. The minimum atomic E-state index is 0.103. The second kappa shape index (κ2) is 7.02. The summed E-state index contributed by atoms with van der Waals surface area (Å²) in [6.07, 6.45) is 9.62. The lowest BCUT2D eigenvalue weighted by molar-refractivity contribution is -0.126. The van der Waals surface area contributed by atoms with Gasteiger partial charge < -0.3 is 20.3 Å². The first-order valence-electron chi connectivity index (χ1n) is 10.5. The van der Waals surface area contributed by atoms with E-state index in [0.717, 1.165) is 51.5 Å². The van der Waals surface area contributed by atoms with Gasteiger partial charge >= 0.3 is 0 Å². The molecule has 3 atom stereocenters. The molecule has 0 aromatic heterocycles. The van der Waals surface area contributed by atoms with Crippen molar-refractivity contribution in [2.24, 2.45) is 15.8 Å². The summed E-state index contributed by atoms with van der Waals surface area (Å²) in [5.74, 6) is 1.23. The third-order valence-corrected chi connectivity index (χ3v) is 7.36. The summed E-state index contributed by atoms with van der Waals surface area (Å²) in [6.45, 7) is 5.69. The second-order valence-corrected chi connectivity index (χ2v) is 8.84. The summed E-state index contributed by atoms with van der Waals surface area (Å²) in [7, 11) is 1.89. The van der Waals surface area contributed by atoms with Crippen molar-refractivity contribution in [3.8, 4) is 0 Å². The molecule has 26 heavy (non-hydrogen) atoms. The molecular weight excluding hydrogens is 328 g/mol. The highest BCUT2D eigenvalue weighted by Crippen LogP contribution is 2.54. The molecule has 146 valence electrons. The Morgan fingerprint density at radius 2 is 2.15 bits per heavy atom. The first kappa shape index (κ1) is 18.1. The van der Waals surface area contributed by atoms with E-state index in [1.165, 1.54) is 25.7 Å². The molecule has 2 N–H and O–H groups in total. The molecule has 6 nitrogen and oxygen atoms in total. The predicted molar refractivity (Wildman–Crippen MR) is 102 cm³/mol. The van der Waals surface area contributed by atoms with Crippen LogP contribution in [0.2, 0.25) is 0 Å². The highest BCUT2D eigenvalue weighted by molar-refractivity contribution is 5.82. The first-order valence-corrected chi connectivity index (χ1v) is 10.5. The maximum Gasteiger partial charge on any atom is 0.220 e. The van der Waals surface area contributed by atoms with Gasteiger partial charge in [-0.3, -0.25) is 9.79 Å². The van der Waals surface area contributed by atoms with Crippen molar-refractivity contribution in [1.29, 1.82) is 0 Å². The highest BCUT2D eigenvalue weighted by atomic mass is 16.5. The smallest absolute Gasteiger partial charge is 0.220 e. The van der Waals surface area contributed by atoms with Crippen LogP contribution in [0.3, 0.4) is 0 Å². The highest BCUT2D eigenvalue weighted by Gasteiger charge is 2.57. The molecule has 4 rings (SSSR count). The average molecular weight is 363 g/mol. The zero-order valence-corrected chi connectivity index (χ0v) is 16.4. The molecule has 4 fully saturated rings. The minimum absolute atomic E-state index is 0.103. The van der Waals surface area contributed by atoms with E-state index >= 15 is 0 Å². The van der Waals surface area contributed by atoms with Gasteiger partial charge in [0.15, 0.2) is 5.96 Å². The average Bonchev–Trinajstić information content (AvgIpc) is 3.27. The molecule has 0 bridgehead atoms. The van der Waals surface area contributed by atoms with Crippen molar-refractivity contribution in [1.82, 2.24) is 15.5 Å². The molecule has 2 spiro atoms. The third-order valence-electron chi connectivity index (χ3n) is 7.36. The number of nitrogens with zero attached hydrogens (tertiary/aromatic N) is 2. The zero-order chi connectivity index (χ0) is 18.2.